The Labute approximate surface area is 426 Å². The van der Waals surface area contributed by atoms with Crippen molar-refractivity contribution >= 4 is 182 Å². The van der Waals surface area contributed by atoms with E-state index in [1.54, 1.807) is 136 Å². The lowest BCUT2D eigenvalue weighted by Gasteiger charge is -2.30. The number of nitrogens with one attached hydrogen (secondary N) is 2. The van der Waals surface area contributed by atoms with Gasteiger partial charge in [0.25, 0.3) is 23.6 Å². The first-order valence-corrected chi connectivity index (χ1v) is 23.8. The van der Waals surface area contributed by atoms with Crippen LogP contribution in [-0.2, 0) is 9.59 Å². The van der Waals surface area contributed by atoms with E-state index in [0.29, 0.717) is 0 Å². The summed E-state index contributed by atoms with van der Waals surface area (Å²) in [5.41, 5.74) is -0.609. The number of aliphatic hydroxyl groups excluding tert-OH is 8. The standard InChI is InChI=1S/C34H42I6N6O14/c1-43(27-23(37)17(29(55)41-3-7-47)21(35)19(25(27)39)31(57)45(5-9-49)11-15(53)13-51)33(59)34(60)44(2)28-24(38)18(30(56)42-4-8-48)22(36)20(26(28)40)32(58)46(6-10-50)12-16(54)14-52/h15-16,47-54H,3-14H2,1-2H3,(H,41,55)(H,42,56). The van der Waals surface area contributed by atoms with Gasteiger partial charge in [0.1, 0.15) is 0 Å². The SMILES string of the molecule is CN(C(=O)C(=O)N(C)c1c(I)c(C(=O)NCCO)c(I)c(C(=O)N(CCO)CC(O)CO)c1I)c1c(I)c(C(=O)NCCO)c(I)c(C(=O)N(CCO)CC(O)CO)c1I. The Morgan fingerprint density at radius 1 is 0.500 bits per heavy atom. The molecule has 0 bridgehead atoms. The molecule has 0 spiro atoms. The van der Waals surface area contributed by atoms with Gasteiger partial charge in [-0.3, -0.25) is 28.8 Å². The lowest BCUT2D eigenvalue weighted by Crippen LogP contribution is -2.45. The third-order valence-corrected chi connectivity index (χ3v) is 14.7. The Bertz CT molecular complexity index is 1810. The zero-order valence-electron chi connectivity index (χ0n) is 31.7. The maximum absolute atomic E-state index is 14.4. The van der Waals surface area contributed by atoms with Crippen LogP contribution in [0.2, 0.25) is 0 Å². The monoisotopic (exact) mass is 1520 g/mol. The third-order valence-electron chi connectivity index (χ3n) is 8.33. The molecule has 2 unspecified atom stereocenters. The van der Waals surface area contributed by atoms with Gasteiger partial charge in [0.05, 0.1) is 99.8 Å². The highest BCUT2D eigenvalue weighted by Gasteiger charge is 2.38. The summed E-state index contributed by atoms with van der Waals surface area (Å²) in [6, 6.07) is 0. The molecule has 0 saturated heterocycles. The van der Waals surface area contributed by atoms with E-state index in [4.69, 9.17) is 0 Å². The van der Waals surface area contributed by atoms with Crippen LogP contribution in [0.4, 0.5) is 11.4 Å². The second-order valence-corrected chi connectivity index (χ2v) is 18.9. The minimum absolute atomic E-state index is 0.0680. The van der Waals surface area contributed by atoms with Gasteiger partial charge in [0, 0.05) is 60.5 Å². The molecule has 2 aromatic rings. The van der Waals surface area contributed by atoms with Gasteiger partial charge in [-0.2, -0.15) is 0 Å². The molecule has 0 fully saturated rings. The highest BCUT2D eigenvalue weighted by atomic mass is 127. The number of nitrogens with zero attached hydrogens (tertiary/aromatic N) is 4. The third kappa shape index (κ3) is 13.2. The molecule has 20 nitrogen and oxygen atoms in total. The van der Waals surface area contributed by atoms with E-state index < -0.39 is 100 Å². The summed E-state index contributed by atoms with van der Waals surface area (Å²) in [5.74, 6) is -5.50. The van der Waals surface area contributed by atoms with Crippen LogP contribution in [0.25, 0.3) is 0 Å². The van der Waals surface area contributed by atoms with E-state index in [0.717, 1.165) is 19.6 Å². The molecule has 0 aliphatic rings. The van der Waals surface area contributed by atoms with Crippen molar-refractivity contribution in [2.75, 3.05) is 103 Å². The summed E-state index contributed by atoms with van der Waals surface area (Å²) in [4.78, 5) is 88.0. The Morgan fingerprint density at radius 3 is 1.07 bits per heavy atom. The highest BCUT2D eigenvalue weighted by molar-refractivity contribution is 14.1. The van der Waals surface area contributed by atoms with Crippen molar-refractivity contribution in [2.45, 2.75) is 12.2 Å². The largest absolute Gasteiger partial charge is 0.395 e. The van der Waals surface area contributed by atoms with Crippen molar-refractivity contribution in [3.05, 3.63) is 43.7 Å². The number of carbonyl (C=O) groups is 6. The van der Waals surface area contributed by atoms with E-state index in [9.17, 15) is 69.6 Å². The fraction of sp³-hybridized carbons (Fsp3) is 0.471. The van der Waals surface area contributed by atoms with Gasteiger partial charge in [-0.1, -0.05) is 0 Å². The van der Waals surface area contributed by atoms with Gasteiger partial charge in [0.15, 0.2) is 0 Å². The van der Waals surface area contributed by atoms with Gasteiger partial charge >= 0.3 is 11.8 Å². The van der Waals surface area contributed by atoms with E-state index in [1.165, 1.54) is 14.1 Å². The molecule has 2 aromatic carbocycles. The van der Waals surface area contributed by atoms with Crippen LogP contribution in [0.1, 0.15) is 41.4 Å². The van der Waals surface area contributed by atoms with E-state index in [-0.39, 0.29) is 81.2 Å². The van der Waals surface area contributed by atoms with Crippen molar-refractivity contribution in [1.82, 2.24) is 20.4 Å². The smallest absolute Gasteiger partial charge is 0.316 e. The molecule has 0 saturated carbocycles. The van der Waals surface area contributed by atoms with Crippen molar-refractivity contribution in [3.8, 4) is 0 Å². The van der Waals surface area contributed by atoms with Crippen LogP contribution in [0.15, 0.2) is 0 Å². The number of hydrogen-bond donors (Lipinski definition) is 10. The molecule has 334 valence electrons. The molecule has 26 heteroatoms. The Kier molecular flexibility index (Phi) is 24.3. The van der Waals surface area contributed by atoms with Gasteiger partial charge < -0.3 is 71.1 Å². The van der Waals surface area contributed by atoms with Gasteiger partial charge in [0.2, 0.25) is 0 Å². The molecular formula is C34H42I6N6O14. The first kappa shape index (κ1) is 55.5. The fourth-order valence-corrected chi connectivity index (χ4v) is 15.1. The van der Waals surface area contributed by atoms with Crippen LogP contribution in [0, 0.1) is 21.4 Å². The molecule has 0 heterocycles. The Morgan fingerprint density at radius 2 is 0.800 bits per heavy atom. The van der Waals surface area contributed by atoms with Crippen LogP contribution in [0.5, 0.6) is 0 Å². The summed E-state index contributed by atoms with van der Waals surface area (Å²) in [5, 5.41) is 82.6. The normalized spacial score (nSPS) is 12.1. The number of anilines is 2. The molecule has 2 atom stereocenters. The summed E-state index contributed by atoms with van der Waals surface area (Å²) in [6.07, 6.45) is -2.78. The van der Waals surface area contributed by atoms with Gasteiger partial charge in [-0.05, 0) is 136 Å². The lowest BCUT2D eigenvalue weighted by molar-refractivity contribution is -0.135. The predicted molar refractivity (Wildman–Crippen MR) is 267 cm³/mol. The molecule has 0 aliphatic carbocycles. The number of halogens is 6. The second kappa shape index (κ2) is 26.3. The summed E-state index contributed by atoms with van der Waals surface area (Å²) in [7, 11) is 2.44. The van der Waals surface area contributed by atoms with Crippen molar-refractivity contribution in [3.63, 3.8) is 0 Å². The molecule has 0 aliphatic heterocycles. The molecule has 2 rings (SSSR count). The van der Waals surface area contributed by atoms with Crippen LogP contribution in [-0.4, -0.2) is 191 Å². The minimum atomic E-state index is -1.39. The topological polar surface area (TPSA) is 301 Å². The van der Waals surface area contributed by atoms with Crippen LogP contribution < -0.4 is 20.4 Å². The van der Waals surface area contributed by atoms with Gasteiger partial charge in [-0.25, -0.2) is 0 Å². The van der Waals surface area contributed by atoms with Gasteiger partial charge in [-0.15, -0.1) is 0 Å². The molecule has 10 N–H and O–H groups in total. The van der Waals surface area contributed by atoms with E-state index in [1.807, 2.05) is 0 Å². The Balaban J connectivity index is 2.94. The molecule has 6 amide bonds. The van der Waals surface area contributed by atoms with Crippen molar-refractivity contribution in [2.24, 2.45) is 0 Å². The van der Waals surface area contributed by atoms with Crippen molar-refractivity contribution < 1.29 is 69.6 Å². The average molecular weight is 1520 g/mol. The zero-order valence-corrected chi connectivity index (χ0v) is 44.7. The highest BCUT2D eigenvalue weighted by Crippen LogP contribution is 2.40. The number of likely N-dealkylation sites (N-methyl/N-ethyl adjacent to an activating group) is 2. The Hall–Kier alpha value is -0.680. The molecule has 0 radical (unpaired) electrons. The van der Waals surface area contributed by atoms with Crippen LogP contribution in [0.3, 0.4) is 0 Å². The zero-order chi connectivity index (χ0) is 45.8. The van der Waals surface area contributed by atoms with Crippen molar-refractivity contribution in [1.29, 1.82) is 0 Å². The molecule has 60 heavy (non-hydrogen) atoms. The second-order valence-electron chi connectivity index (χ2n) is 12.4. The number of aliphatic hydroxyl groups is 8. The maximum atomic E-state index is 14.4. The first-order valence-electron chi connectivity index (χ1n) is 17.4. The van der Waals surface area contributed by atoms with E-state index >= 15 is 0 Å². The first-order chi connectivity index (χ1) is 28.2. The number of amides is 6. The number of carbonyl (C=O) groups excluding carboxylic acids is 6. The summed E-state index contributed by atoms with van der Waals surface area (Å²) < 4.78 is 0.608. The molecular weight excluding hydrogens is 1480 g/mol. The number of benzene rings is 2. The maximum Gasteiger partial charge on any atom is 0.316 e. The summed E-state index contributed by atoms with van der Waals surface area (Å²) >= 11 is 10.6. The molecule has 0 aromatic heterocycles. The number of rotatable bonds is 20. The van der Waals surface area contributed by atoms with Crippen LogP contribution >= 0.6 is 136 Å². The average Bonchev–Trinajstić information content (AvgIpc) is 3.20. The lowest BCUT2D eigenvalue weighted by atomic mass is 10.1. The predicted octanol–water partition coefficient (Wildman–Crippen LogP) is -1.04. The van der Waals surface area contributed by atoms with E-state index in [2.05, 4.69) is 10.6 Å². The quantitative estimate of drug-likeness (QED) is 0.0560. The minimum Gasteiger partial charge on any atom is -0.395 e. The fourth-order valence-electron chi connectivity index (χ4n) is 5.40. The summed E-state index contributed by atoms with van der Waals surface area (Å²) in [6.45, 7) is -5.09. The number of hydrogen-bond acceptors (Lipinski definition) is 14.